The average Bonchev–Trinajstić information content (AvgIpc) is 2.94. The molecule has 0 aliphatic heterocycles. The lowest BCUT2D eigenvalue weighted by atomic mass is 10.1. The summed E-state index contributed by atoms with van der Waals surface area (Å²) in [6.45, 7) is 4.62. The van der Waals surface area contributed by atoms with E-state index in [0.717, 1.165) is 22.0 Å². The highest BCUT2D eigenvalue weighted by Crippen LogP contribution is 2.32. The predicted octanol–water partition coefficient (Wildman–Crippen LogP) is 3.98. The molecule has 0 aromatic heterocycles. The number of hydrogen-bond donors (Lipinski definition) is 1. The second-order valence-corrected chi connectivity index (χ2v) is 11.2. The number of amides is 2. The maximum absolute atomic E-state index is 13.9. The Bertz CT molecular complexity index is 1420. The molecule has 214 valence electrons. The molecular weight excluding hydrogens is 537 g/mol. The van der Waals surface area contributed by atoms with Crippen molar-refractivity contribution in [2.24, 2.45) is 0 Å². The highest BCUT2D eigenvalue weighted by Gasteiger charge is 2.33. The molecule has 0 saturated carbocycles. The van der Waals surface area contributed by atoms with Gasteiger partial charge in [0.05, 0.1) is 24.8 Å². The van der Waals surface area contributed by atoms with Crippen LogP contribution in [-0.2, 0) is 26.2 Å². The number of nitrogens with zero attached hydrogens (tertiary/aromatic N) is 2. The summed E-state index contributed by atoms with van der Waals surface area (Å²) in [5.74, 6) is -1.06. The molecule has 1 atom stereocenters. The summed E-state index contributed by atoms with van der Waals surface area (Å²) in [5, 5.41) is 2.80. The molecule has 0 fully saturated rings. The molecule has 2 amide bonds. The number of methoxy groups -OCH3 is 2. The van der Waals surface area contributed by atoms with Crippen LogP contribution in [0.25, 0.3) is 0 Å². The fraction of sp³-hybridized carbons (Fsp3) is 0.310. The van der Waals surface area contributed by atoms with Gasteiger partial charge in [-0.15, -0.1) is 0 Å². The Morgan fingerprint density at radius 1 is 0.900 bits per heavy atom. The number of halogens is 1. The van der Waals surface area contributed by atoms with Crippen molar-refractivity contribution in [3.05, 3.63) is 84.2 Å². The minimum atomic E-state index is -4.36. The zero-order valence-electron chi connectivity index (χ0n) is 23.1. The van der Waals surface area contributed by atoms with Gasteiger partial charge in [-0.25, -0.2) is 12.8 Å². The molecule has 9 nitrogen and oxygen atoms in total. The van der Waals surface area contributed by atoms with Crippen molar-refractivity contribution < 1.29 is 31.9 Å². The number of anilines is 1. The third-order valence-corrected chi connectivity index (χ3v) is 7.90. The van der Waals surface area contributed by atoms with Crippen LogP contribution in [0.2, 0.25) is 0 Å². The number of rotatable bonds is 12. The highest BCUT2D eigenvalue weighted by molar-refractivity contribution is 7.92. The van der Waals surface area contributed by atoms with Gasteiger partial charge < -0.3 is 19.7 Å². The number of benzene rings is 3. The van der Waals surface area contributed by atoms with Gasteiger partial charge in [-0.05, 0) is 62.7 Å². The Hall–Kier alpha value is -4.12. The van der Waals surface area contributed by atoms with E-state index >= 15 is 0 Å². The quantitative estimate of drug-likeness (QED) is 0.353. The van der Waals surface area contributed by atoms with E-state index in [9.17, 15) is 22.4 Å². The van der Waals surface area contributed by atoms with Crippen molar-refractivity contribution in [2.45, 2.75) is 44.3 Å². The molecule has 3 aromatic carbocycles. The maximum atomic E-state index is 13.9. The fourth-order valence-corrected chi connectivity index (χ4v) is 5.44. The van der Waals surface area contributed by atoms with Crippen LogP contribution in [0.3, 0.4) is 0 Å². The second kappa shape index (κ2) is 13.3. The number of ether oxygens (including phenoxy) is 2. The Balaban J connectivity index is 2.06. The lowest BCUT2D eigenvalue weighted by Gasteiger charge is -2.32. The molecule has 0 spiro atoms. The summed E-state index contributed by atoms with van der Waals surface area (Å²) in [6, 6.07) is 16.8. The second-order valence-electron chi connectivity index (χ2n) is 9.35. The molecule has 1 unspecified atom stereocenters. The molecule has 0 radical (unpaired) electrons. The van der Waals surface area contributed by atoms with Crippen molar-refractivity contribution in [1.29, 1.82) is 0 Å². The third-order valence-electron chi connectivity index (χ3n) is 6.13. The van der Waals surface area contributed by atoms with E-state index in [2.05, 4.69) is 5.32 Å². The Labute approximate surface area is 234 Å². The molecule has 11 heteroatoms. The molecule has 0 bridgehead atoms. The van der Waals surface area contributed by atoms with Gasteiger partial charge in [0.2, 0.25) is 11.8 Å². The first-order valence-electron chi connectivity index (χ1n) is 12.6. The maximum Gasteiger partial charge on any atom is 0.264 e. The molecule has 3 aromatic rings. The number of sulfonamides is 1. The van der Waals surface area contributed by atoms with Crippen LogP contribution < -0.4 is 19.1 Å². The summed E-state index contributed by atoms with van der Waals surface area (Å²) < 4.78 is 53.0. The van der Waals surface area contributed by atoms with Crippen molar-refractivity contribution in [3.8, 4) is 11.5 Å². The van der Waals surface area contributed by atoms with Gasteiger partial charge in [0.1, 0.15) is 18.4 Å². The number of carbonyl (C=O) groups excluding carboxylic acids is 2. The summed E-state index contributed by atoms with van der Waals surface area (Å²) in [4.78, 5) is 27.9. The number of hydrogen-bond acceptors (Lipinski definition) is 6. The first-order chi connectivity index (χ1) is 19.0. The average molecular weight is 572 g/mol. The van der Waals surface area contributed by atoms with Gasteiger partial charge in [0.15, 0.2) is 11.5 Å². The van der Waals surface area contributed by atoms with Crippen LogP contribution in [-0.4, -0.2) is 58.0 Å². The van der Waals surface area contributed by atoms with Gasteiger partial charge in [-0.3, -0.25) is 13.9 Å². The first kappa shape index (κ1) is 30.4. The normalized spacial score (nSPS) is 12.0. The highest BCUT2D eigenvalue weighted by atomic mass is 32.2. The van der Waals surface area contributed by atoms with Gasteiger partial charge in [0, 0.05) is 18.7 Å². The van der Waals surface area contributed by atoms with E-state index in [4.69, 9.17) is 9.47 Å². The van der Waals surface area contributed by atoms with Crippen LogP contribution in [0.4, 0.5) is 10.1 Å². The summed E-state index contributed by atoms with van der Waals surface area (Å²) in [5.41, 5.74) is 0.833. The molecule has 0 heterocycles. The van der Waals surface area contributed by atoms with Crippen LogP contribution in [0.15, 0.2) is 77.7 Å². The van der Waals surface area contributed by atoms with E-state index < -0.39 is 34.3 Å². The van der Waals surface area contributed by atoms with E-state index in [-0.39, 0.29) is 34.8 Å². The molecular formula is C29H34FN3O6S. The van der Waals surface area contributed by atoms with Gasteiger partial charge in [-0.2, -0.15) is 0 Å². The van der Waals surface area contributed by atoms with E-state index in [1.807, 2.05) is 30.3 Å². The lowest BCUT2D eigenvalue weighted by molar-refractivity contribution is -0.139. The van der Waals surface area contributed by atoms with E-state index in [1.54, 1.807) is 20.8 Å². The number of carbonyl (C=O) groups is 2. The minimum absolute atomic E-state index is 0.0695. The summed E-state index contributed by atoms with van der Waals surface area (Å²) >= 11 is 0. The molecule has 3 rings (SSSR count). The zero-order valence-corrected chi connectivity index (χ0v) is 23.9. The first-order valence-corrected chi connectivity index (χ1v) is 14.1. The largest absolute Gasteiger partial charge is 0.493 e. The molecule has 40 heavy (non-hydrogen) atoms. The van der Waals surface area contributed by atoms with E-state index in [1.165, 1.54) is 49.5 Å². The smallest absolute Gasteiger partial charge is 0.264 e. The Kier molecular flexibility index (Phi) is 10.1. The van der Waals surface area contributed by atoms with Crippen molar-refractivity contribution in [1.82, 2.24) is 10.2 Å². The number of nitrogens with one attached hydrogen (secondary N) is 1. The van der Waals surface area contributed by atoms with Crippen LogP contribution in [0, 0.1) is 5.82 Å². The summed E-state index contributed by atoms with van der Waals surface area (Å²) in [6.07, 6.45) is 0. The monoisotopic (exact) mass is 571 g/mol. The zero-order chi connectivity index (χ0) is 29.4. The minimum Gasteiger partial charge on any atom is -0.493 e. The van der Waals surface area contributed by atoms with Crippen molar-refractivity contribution >= 4 is 27.5 Å². The fourth-order valence-electron chi connectivity index (χ4n) is 4.01. The lowest BCUT2D eigenvalue weighted by Crippen LogP contribution is -2.52. The Morgan fingerprint density at radius 3 is 2.10 bits per heavy atom. The standard InChI is InChI=1S/C29H34FN3O6S/c1-20(2)31-29(35)21(3)32(18-22-9-7-6-8-10-22)28(34)19-33(24-13-11-23(30)12-14-24)40(36,37)25-15-16-26(38-4)27(17-25)39-5/h6-17,20-21H,18-19H2,1-5H3,(H,31,35). The van der Waals surface area contributed by atoms with Crippen molar-refractivity contribution in [2.75, 3.05) is 25.1 Å². The molecule has 1 N–H and O–H groups in total. The van der Waals surface area contributed by atoms with Gasteiger partial charge >= 0.3 is 0 Å². The third kappa shape index (κ3) is 7.29. The van der Waals surface area contributed by atoms with E-state index in [0.29, 0.717) is 5.75 Å². The topological polar surface area (TPSA) is 105 Å². The SMILES string of the molecule is COc1ccc(S(=O)(=O)N(CC(=O)N(Cc2ccccc2)C(C)C(=O)NC(C)C)c2ccc(F)cc2)cc1OC. The van der Waals surface area contributed by atoms with Crippen LogP contribution in [0.5, 0.6) is 11.5 Å². The molecule has 0 saturated heterocycles. The van der Waals surface area contributed by atoms with Crippen LogP contribution in [0.1, 0.15) is 26.3 Å². The van der Waals surface area contributed by atoms with Gasteiger partial charge in [0.25, 0.3) is 10.0 Å². The van der Waals surface area contributed by atoms with Crippen LogP contribution >= 0.6 is 0 Å². The Morgan fingerprint density at radius 2 is 1.52 bits per heavy atom. The predicted molar refractivity (Wildman–Crippen MR) is 150 cm³/mol. The summed E-state index contributed by atoms with van der Waals surface area (Å²) in [7, 11) is -1.56. The van der Waals surface area contributed by atoms with Gasteiger partial charge in [-0.1, -0.05) is 30.3 Å². The molecule has 0 aliphatic rings. The van der Waals surface area contributed by atoms with Crippen molar-refractivity contribution in [3.63, 3.8) is 0 Å². The molecule has 0 aliphatic carbocycles.